The minimum Gasteiger partial charge on any atom is -0.478 e. The normalized spacial score (nSPS) is 12.8. The van der Waals surface area contributed by atoms with Crippen molar-refractivity contribution >= 4 is 22.9 Å². The third kappa shape index (κ3) is 1.76. The predicted molar refractivity (Wildman–Crippen MR) is 81.2 cm³/mol. The molecule has 0 amide bonds. The number of benzene rings is 1. The molecule has 0 bridgehead atoms. The van der Waals surface area contributed by atoms with Crippen LogP contribution in [0.5, 0.6) is 0 Å². The van der Waals surface area contributed by atoms with Gasteiger partial charge >= 0.3 is 5.97 Å². The molecule has 0 unspecified atom stereocenters. The fourth-order valence-corrected chi connectivity index (χ4v) is 2.86. The van der Waals surface area contributed by atoms with Crippen molar-refractivity contribution in [2.45, 2.75) is 6.54 Å². The molecule has 1 N–H and O–H groups in total. The number of aromatic carboxylic acids is 1. The molecule has 1 aromatic carbocycles. The van der Waals surface area contributed by atoms with E-state index in [4.69, 9.17) is 5.11 Å². The summed E-state index contributed by atoms with van der Waals surface area (Å²) in [5, 5.41) is 10.2. The molecule has 2 aromatic heterocycles. The van der Waals surface area contributed by atoms with Crippen LogP contribution in [-0.2, 0) is 6.54 Å². The molecule has 4 nitrogen and oxygen atoms in total. The molecule has 1 aliphatic heterocycles. The summed E-state index contributed by atoms with van der Waals surface area (Å²) in [4.78, 5) is 15.4. The van der Waals surface area contributed by atoms with Crippen molar-refractivity contribution in [3.05, 3.63) is 59.9 Å². The van der Waals surface area contributed by atoms with Crippen LogP contribution in [0.25, 0.3) is 28.2 Å². The minimum absolute atomic E-state index is 0.308. The average Bonchev–Trinajstić information content (AvgIpc) is 2.75. The van der Waals surface area contributed by atoms with Crippen LogP contribution in [-0.4, -0.2) is 20.6 Å². The summed E-state index contributed by atoms with van der Waals surface area (Å²) in [6.45, 7) is 0.719. The van der Waals surface area contributed by atoms with Gasteiger partial charge in [-0.1, -0.05) is 18.2 Å². The smallest absolute Gasteiger partial charge is 0.335 e. The highest BCUT2D eigenvalue weighted by atomic mass is 16.4. The Kier molecular flexibility index (Phi) is 2.44. The standard InChI is InChI=1S/C17H12N2O2/c20-17(21)13-4-3-12-8-16-14-10-18-6-5-11(14)2-1-7-19(16)15(12)9-13/h1-6,8-10H,7H2,(H,20,21). The van der Waals surface area contributed by atoms with Gasteiger partial charge < -0.3 is 9.67 Å². The van der Waals surface area contributed by atoms with Crippen LogP contribution >= 0.6 is 0 Å². The molecule has 21 heavy (non-hydrogen) atoms. The van der Waals surface area contributed by atoms with Crippen molar-refractivity contribution in [2.75, 3.05) is 0 Å². The van der Waals surface area contributed by atoms with Gasteiger partial charge in [-0.05, 0) is 29.8 Å². The summed E-state index contributed by atoms with van der Waals surface area (Å²) in [5.74, 6) is -0.904. The van der Waals surface area contributed by atoms with Crippen molar-refractivity contribution in [1.29, 1.82) is 0 Å². The molecule has 4 heteroatoms. The van der Waals surface area contributed by atoms with Gasteiger partial charge in [0.1, 0.15) is 0 Å². The third-order valence-corrected chi connectivity index (χ3v) is 3.87. The number of carboxylic acids is 1. The molecule has 0 atom stereocenters. The number of hydrogen-bond acceptors (Lipinski definition) is 2. The van der Waals surface area contributed by atoms with E-state index in [2.05, 4.69) is 27.8 Å². The fourth-order valence-electron chi connectivity index (χ4n) is 2.86. The number of hydrogen-bond donors (Lipinski definition) is 1. The van der Waals surface area contributed by atoms with E-state index in [-0.39, 0.29) is 0 Å². The zero-order valence-corrected chi connectivity index (χ0v) is 11.2. The quantitative estimate of drug-likeness (QED) is 0.740. The molecule has 0 fully saturated rings. The van der Waals surface area contributed by atoms with Crippen LogP contribution in [0.2, 0.25) is 0 Å². The summed E-state index contributed by atoms with van der Waals surface area (Å²) < 4.78 is 2.13. The van der Waals surface area contributed by atoms with Crippen LogP contribution in [0, 0.1) is 0 Å². The van der Waals surface area contributed by atoms with E-state index >= 15 is 0 Å². The molecule has 4 rings (SSSR count). The first kappa shape index (κ1) is 11.9. The number of allylic oxidation sites excluding steroid dienone is 1. The number of fused-ring (bicyclic) bond motifs is 5. The Morgan fingerprint density at radius 1 is 1.24 bits per heavy atom. The molecular formula is C17H12N2O2. The zero-order valence-electron chi connectivity index (χ0n) is 11.2. The van der Waals surface area contributed by atoms with Crippen molar-refractivity contribution in [3.63, 3.8) is 0 Å². The minimum atomic E-state index is -0.904. The van der Waals surface area contributed by atoms with Gasteiger partial charge in [-0.25, -0.2) is 4.79 Å². The number of nitrogens with zero attached hydrogens (tertiary/aromatic N) is 2. The van der Waals surface area contributed by atoms with Crippen LogP contribution < -0.4 is 0 Å². The number of carbonyl (C=O) groups is 1. The summed E-state index contributed by atoms with van der Waals surface area (Å²) in [6, 6.07) is 9.32. The first-order chi connectivity index (χ1) is 10.2. The number of rotatable bonds is 1. The van der Waals surface area contributed by atoms with Gasteiger partial charge in [0.25, 0.3) is 0 Å². The van der Waals surface area contributed by atoms with Crippen molar-refractivity contribution in [1.82, 2.24) is 9.55 Å². The first-order valence-electron chi connectivity index (χ1n) is 6.71. The van der Waals surface area contributed by atoms with Crippen molar-refractivity contribution < 1.29 is 9.90 Å². The van der Waals surface area contributed by atoms with Crippen LogP contribution in [0.3, 0.4) is 0 Å². The summed E-state index contributed by atoms with van der Waals surface area (Å²) in [7, 11) is 0. The van der Waals surface area contributed by atoms with Crippen LogP contribution in [0.15, 0.2) is 48.8 Å². The Morgan fingerprint density at radius 3 is 3.00 bits per heavy atom. The highest BCUT2D eigenvalue weighted by Gasteiger charge is 2.16. The second kappa shape index (κ2) is 4.31. The van der Waals surface area contributed by atoms with Gasteiger partial charge in [0.05, 0.1) is 11.3 Å². The predicted octanol–water partition coefficient (Wildman–Crippen LogP) is 3.43. The topological polar surface area (TPSA) is 55.1 Å². The maximum Gasteiger partial charge on any atom is 0.335 e. The molecule has 0 saturated heterocycles. The maximum absolute atomic E-state index is 11.2. The third-order valence-electron chi connectivity index (χ3n) is 3.87. The number of carboxylic acid groups (broad SMARTS) is 1. The van der Waals surface area contributed by atoms with Gasteiger partial charge in [-0.15, -0.1) is 0 Å². The summed E-state index contributed by atoms with van der Waals surface area (Å²) in [5.41, 5.74) is 4.51. The van der Waals surface area contributed by atoms with Gasteiger partial charge in [-0.3, -0.25) is 4.98 Å². The molecule has 0 spiro atoms. The number of aromatic nitrogens is 2. The Labute approximate surface area is 121 Å². The molecule has 102 valence electrons. The summed E-state index contributed by atoms with van der Waals surface area (Å²) in [6.07, 6.45) is 7.80. The molecule has 0 radical (unpaired) electrons. The van der Waals surface area contributed by atoms with Crippen molar-refractivity contribution in [3.8, 4) is 11.3 Å². The van der Waals surface area contributed by atoms with E-state index < -0.39 is 5.97 Å². The Balaban J connectivity index is 2.05. The van der Waals surface area contributed by atoms with Gasteiger partial charge in [0.2, 0.25) is 0 Å². The highest BCUT2D eigenvalue weighted by Crippen LogP contribution is 2.33. The average molecular weight is 276 g/mol. The zero-order chi connectivity index (χ0) is 14.4. The lowest BCUT2D eigenvalue weighted by Crippen LogP contribution is -1.99. The van der Waals surface area contributed by atoms with E-state index in [1.807, 2.05) is 18.3 Å². The van der Waals surface area contributed by atoms with E-state index in [0.717, 1.165) is 34.3 Å². The van der Waals surface area contributed by atoms with E-state index in [1.165, 1.54) is 0 Å². The lowest BCUT2D eigenvalue weighted by Gasteiger charge is -2.07. The molecule has 1 aliphatic rings. The second-order valence-corrected chi connectivity index (χ2v) is 5.08. The first-order valence-corrected chi connectivity index (χ1v) is 6.71. The Hall–Kier alpha value is -2.88. The van der Waals surface area contributed by atoms with Gasteiger partial charge in [-0.2, -0.15) is 0 Å². The maximum atomic E-state index is 11.2. The molecule has 3 aromatic rings. The Morgan fingerprint density at radius 2 is 2.14 bits per heavy atom. The number of pyridine rings is 1. The van der Waals surface area contributed by atoms with E-state index in [1.54, 1.807) is 18.3 Å². The monoisotopic (exact) mass is 276 g/mol. The van der Waals surface area contributed by atoms with Crippen LogP contribution in [0.4, 0.5) is 0 Å². The largest absolute Gasteiger partial charge is 0.478 e. The lowest BCUT2D eigenvalue weighted by molar-refractivity contribution is 0.0697. The van der Waals surface area contributed by atoms with Gasteiger partial charge in [0, 0.05) is 35.4 Å². The Bertz CT molecular complexity index is 906. The molecule has 0 aliphatic carbocycles. The van der Waals surface area contributed by atoms with E-state index in [9.17, 15) is 4.79 Å². The SMILES string of the molecule is O=C(O)c1ccc2cc3n(c2c1)CC=Cc1ccncc1-3. The molecule has 0 saturated carbocycles. The van der Waals surface area contributed by atoms with Gasteiger partial charge in [0.15, 0.2) is 0 Å². The molecule has 3 heterocycles. The summed E-state index contributed by atoms with van der Waals surface area (Å²) >= 11 is 0. The van der Waals surface area contributed by atoms with Crippen molar-refractivity contribution in [2.24, 2.45) is 0 Å². The second-order valence-electron chi connectivity index (χ2n) is 5.08. The fraction of sp³-hybridized carbons (Fsp3) is 0.0588. The van der Waals surface area contributed by atoms with Crippen LogP contribution in [0.1, 0.15) is 15.9 Å². The lowest BCUT2D eigenvalue weighted by atomic mass is 10.1. The molecular weight excluding hydrogens is 264 g/mol. The van der Waals surface area contributed by atoms with E-state index in [0.29, 0.717) is 5.56 Å². The highest BCUT2D eigenvalue weighted by molar-refractivity contribution is 5.96.